The average Bonchev–Trinajstić information content (AvgIpc) is 1.85. The van der Waals surface area contributed by atoms with Gasteiger partial charge in [0.05, 0.1) is 0 Å². The van der Waals surface area contributed by atoms with E-state index in [0.29, 0.717) is 0 Å². The number of hydrogen-bond donors (Lipinski definition) is 2. The third-order valence-electron chi connectivity index (χ3n) is 0.865. The van der Waals surface area contributed by atoms with Crippen LogP contribution in [0.25, 0.3) is 0 Å². The van der Waals surface area contributed by atoms with Crippen molar-refractivity contribution in [2.45, 2.75) is 13.3 Å². The highest BCUT2D eigenvalue weighted by atomic mass is 16.4. The van der Waals surface area contributed by atoms with Gasteiger partial charge in [0.15, 0.2) is 5.78 Å². The summed E-state index contributed by atoms with van der Waals surface area (Å²) in [5.74, 6) is -1.91. The van der Waals surface area contributed by atoms with Gasteiger partial charge in [-0.15, -0.1) is 0 Å². The SMILES string of the molecule is C/C(=N/O)C(=O)CC(=O)O. The molecule has 0 radical (unpaired) electrons. The predicted molar refractivity (Wildman–Crippen MR) is 32.2 cm³/mol. The van der Waals surface area contributed by atoms with Crippen molar-refractivity contribution in [2.24, 2.45) is 5.16 Å². The molecule has 0 aliphatic heterocycles. The van der Waals surface area contributed by atoms with E-state index in [4.69, 9.17) is 10.3 Å². The Labute approximate surface area is 57.0 Å². The number of rotatable bonds is 3. The molecule has 0 aliphatic carbocycles. The van der Waals surface area contributed by atoms with Gasteiger partial charge in [0.1, 0.15) is 12.1 Å². The Balaban J connectivity index is 3.99. The minimum absolute atomic E-state index is 0.192. The van der Waals surface area contributed by atoms with Crippen LogP contribution in [0.2, 0.25) is 0 Å². The zero-order valence-corrected chi connectivity index (χ0v) is 5.37. The van der Waals surface area contributed by atoms with Crippen LogP contribution in [0.15, 0.2) is 5.16 Å². The van der Waals surface area contributed by atoms with Crippen LogP contribution in [-0.2, 0) is 9.59 Å². The van der Waals surface area contributed by atoms with Gasteiger partial charge in [-0.1, -0.05) is 5.16 Å². The van der Waals surface area contributed by atoms with Gasteiger partial charge in [-0.2, -0.15) is 0 Å². The molecule has 0 unspecified atom stereocenters. The maximum absolute atomic E-state index is 10.5. The second-order valence-corrected chi connectivity index (χ2v) is 1.68. The van der Waals surface area contributed by atoms with Gasteiger partial charge in [-0.3, -0.25) is 9.59 Å². The molecule has 56 valence electrons. The molecule has 0 saturated heterocycles. The third kappa shape index (κ3) is 2.81. The van der Waals surface area contributed by atoms with Crippen LogP contribution < -0.4 is 0 Å². The van der Waals surface area contributed by atoms with Crippen LogP contribution >= 0.6 is 0 Å². The summed E-state index contributed by atoms with van der Waals surface area (Å²) in [5.41, 5.74) is -0.192. The lowest BCUT2D eigenvalue weighted by Gasteiger charge is -1.90. The minimum Gasteiger partial charge on any atom is -0.481 e. The number of aliphatic carboxylic acids is 1. The molecule has 0 heterocycles. The molecule has 0 atom stereocenters. The molecule has 2 N–H and O–H groups in total. The average molecular weight is 145 g/mol. The Hall–Kier alpha value is -1.39. The number of carboxylic acids is 1. The molecular weight excluding hydrogens is 138 g/mol. The minimum atomic E-state index is -1.23. The maximum atomic E-state index is 10.5. The van der Waals surface area contributed by atoms with Crippen LogP contribution in [-0.4, -0.2) is 27.8 Å². The molecule has 0 amide bonds. The van der Waals surface area contributed by atoms with Gasteiger partial charge in [0.25, 0.3) is 0 Å². The molecule has 0 spiro atoms. The number of oxime groups is 1. The topological polar surface area (TPSA) is 87.0 Å². The summed E-state index contributed by atoms with van der Waals surface area (Å²) in [6, 6.07) is 0. The van der Waals surface area contributed by atoms with Crippen molar-refractivity contribution in [3.8, 4) is 0 Å². The van der Waals surface area contributed by atoms with Crippen LogP contribution in [0, 0.1) is 0 Å². The Morgan fingerprint density at radius 1 is 1.50 bits per heavy atom. The van der Waals surface area contributed by atoms with Gasteiger partial charge >= 0.3 is 5.97 Å². The third-order valence-corrected chi connectivity index (χ3v) is 0.865. The first kappa shape index (κ1) is 8.61. The maximum Gasteiger partial charge on any atom is 0.311 e. The van der Waals surface area contributed by atoms with E-state index in [0.717, 1.165) is 0 Å². The number of carbonyl (C=O) groups excluding carboxylic acids is 1. The van der Waals surface area contributed by atoms with Crippen molar-refractivity contribution in [3.05, 3.63) is 0 Å². The van der Waals surface area contributed by atoms with Crippen molar-refractivity contribution in [1.29, 1.82) is 0 Å². The molecular formula is C5H7NO4. The molecule has 10 heavy (non-hydrogen) atoms. The summed E-state index contributed by atoms with van der Waals surface area (Å²) in [7, 11) is 0. The first-order valence-corrected chi connectivity index (χ1v) is 2.51. The molecule has 0 rings (SSSR count). The van der Waals surface area contributed by atoms with E-state index in [2.05, 4.69) is 5.16 Å². The lowest BCUT2D eigenvalue weighted by atomic mass is 10.2. The fraction of sp³-hybridized carbons (Fsp3) is 0.400. The van der Waals surface area contributed by atoms with E-state index in [1.165, 1.54) is 6.92 Å². The first-order valence-electron chi connectivity index (χ1n) is 2.51. The zero-order chi connectivity index (χ0) is 8.15. The zero-order valence-electron chi connectivity index (χ0n) is 5.37. The standard InChI is InChI=1S/C5H7NO4/c1-3(6-10)4(7)2-5(8)9/h10H,2H2,1H3,(H,8,9)/b6-3-. The molecule has 0 aromatic carbocycles. The van der Waals surface area contributed by atoms with Crippen molar-refractivity contribution < 1.29 is 19.9 Å². The number of carbonyl (C=O) groups is 2. The smallest absolute Gasteiger partial charge is 0.311 e. The Bertz CT molecular complexity index is 184. The number of nitrogens with zero attached hydrogens (tertiary/aromatic N) is 1. The van der Waals surface area contributed by atoms with Crippen molar-refractivity contribution >= 4 is 17.5 Å². The predicted octanol–water partition coefficient (Wildman–Crippen LogP) is -0.120. The van der Waals surface area contributed by atoms with E-state index in [-0.39, 0.29) is 5.71 Å². The summed E-state index contributed by atoms with van der Waals surface area (Å²) >= 11 is 0. The van der Waals surface area contributed by atoms with Crippen LogP contribution in [0.5, 0.6) is 0 Å². The fourth-order valence-electron chi connectivity index (χ4n) is 0.321. The second kappa shape index (κ2) is 3.60. The Morgan fingerprint density at radius 2 is 2.00 bits per heavy atom. The highest BCUT2D eigenvalue weighted by Gasteiger charge is 2.10. The van der Waals surface area contributed by atoms with E-state index in [9.17, 15) is 9.59 Å². The van der Waals surface area contributed by atoms with E-state index < -0.39 is 18.2 Å². The Morgan fingerprint density at radius 3 is 2.30 bits per heavy atom. The van der Waals surface area contributed by atoms with Crippen LogP contribution in [0.3, 0.4) is 0 Å². The number of carboxylic acid groups (broad SMARTS) is 1. The number of Topliss-reactive ketones (excluding diaryl/α,β-unsaturated/α-hetero) is 1. The largest absolute Gasteiger partial charge is 0.481 e. The van der Waals surface area contributed by atoms with Gasteiger partial charge in [-0.25, -0.2) is 0 Å². The van der Waals surface area contributed by atoms with Gasteiger partial charge in [0, 0.05) is 0 Å². The van der Waals surface area contributed by atoms with Gasteiger partial charge < -0.3 is 10.3 Å². The first-order chi connectivity index (χ1) is 4.57. The Kier molecular flexibility index (Phi) is 3.10. The van der Waals surface area contributed by atoms with Gasteiger partial charge in [-0.05, 0) is 6.92 Å². The number of hydrogen-bond acceptors (Lipinski definition) is 4. The lowest BCUT2D eigenvalue weighted by Crippen LogP contribution is -2.14. The normalized spacial score (nSPS) is 11.1. The van der Waals surface area contributed by atoms with E-state index >= 15 is 0 Å². The molecule has 0 aliphatic rings. The molecule has 5 nitrogen and oxygen atoms in total. The summed E-state index contributed by atoms with van der Waals surface area (Å²) in [5, 5.41) is 18.6. The lowest BCUT2D eigenvalue weighted by molar-refractivity contribution is -0.139. The summed E-state index contributed by atoms with van der Waals surface area (Å²) in [6.45, 7) is 1.24. The highest BCUT2D eigenvalue weighted by molar-refractivity contribution is 6.41. The molecule has 5 heteroatoms. The van der Waals surface area contributed by atoms with Crippen LogP contribution in [0.1, 0.15) is 13.3 Å². The van der Waals surface area contributed by atoms with E-state index in [1.54, 1.807) is 0 Å². The summed E-state index contributed by atoms with van der Waals surface area (Å²) in [6.07, 6.45) is -0.629. The molecule has 0 fully saturated rings. The monoisotopic (exact) mass is 145 g/mol. The quantitative estimate of drug-likeness (QED) is 0.251. The second-order valence-electron chi connectivity index (χ2n) is 1.68. The van der Waals surface area contributed by atoms with Crippen molar-refractivity contribution in [2.75, 3.05) is 0 Å². The van der Waals surface area contributed by atoms with E-state index in [1.807, 2.05) is 0 Å². The molecule has 0 saturated carbocycles. The number of ketones is 1. The van der Waals surface area contributed by atoms with Crippen LogP contribution in [0.4, 0.5) is 0 Å². The highest BCUT2D eigenvalue weighted by Crippen LogP contribution is 1.86. The van der Waals surface area contributed by atoms with Gasteiger partial charge in [0.2, 0.25) is 0 Å². The van der Waals surface area contributed by atoms with Crippen molar-refractivity contribution in [3.63, 3.8) is 0 Å². The molecule has 0 aromatic rings. The summed E-state index contributed by atoms with van der Waals surface area (Å²) in [4.78, 5) is 20.4. The molecule has 0 aromatic heterocycles. The molecule has 0 bridgehead atoms. The summed E-state index contributed by atoms with van der Waals surface area (Å²) < 4.78 is 0. The fourth-order valence-corrected chi connectivity index (χ4v) is 0.321. The van der Waals surface area contributed by atoms with Crippen molar-refractivity contribution in [1.82, 2.24) is 0 Å².